The Bertz CT molecular complexity index is 620. The van der Waals surface area contributed by atoms with Gasteiger partial charge < -0.3 is 15.0 Å². The van der Waals surface area contributed by atoms with Crippen LogP contribution in [0.25, 0.3) is 0 Å². The average Bonchev–Trinajstić information content (AvgIpc) is 2.36. The van der Waals surface area contributed by atoms with Gasteiger partial charge in [-0.25, -0.2) is 4.98 Å². The van der Waals surface area contributed by atoms with Gasteiger partial charge in [-0.2, -0.15) is 0 Å². The summed E-state index contributed by atoms with van der Waals surface area (Å²) in [6.45, 7) is 4.35. The molecule has 18 heavy (non-hydrogen) atoms. The van der Waals surface area contributed by atoms with Gasteiger partial charge in [0.2, 0.25) is 0 Å². The van der Waals surface area contributed by atoms with Gasteiger partial charge in [-0.05, 0) is 25.5 Å². The lowest BCUT2D eigenvalue weighted by Gasteiger charge is -2.09. The average molecular weight is 245 g/mol. The highest BCUT2D eigenvalue weighted by Gasteiger charge is 2.08. The molecule has 5 heteroatoms. The van der Waals surface area contributed by atoms with Crippen LogP contribution in [0.4, 0.5) is 5.69 Å². The molecular weight excluding hydrogens is 230 g/mol. The number of aromatic nitrogens is 2. The number of benzene rings is 1. The highest BCUT2D eigenvalue weighted by Crippen LogP contribution is 2.24. The van der Waals surface area contributed by atoms with Crippen molar-refractivity contribution in [3.63, 3.8) is 0 Å². The Balaban J connectivity index is 2.40. The largest absolute Gasteiger partial charge is 0.434 e. The number of anilines is 1. The standard InChI is InChI=1S/C13H15N3O2/c1-3-16-7-6-15-12(13(16)17)18-11-8-10(14)5-4-9(11)2/h4-8H,3,14H2,1-2H3. The van der Waals surface area contributed by atoms with Gasteiger partial charge >= 0.3 is 5.56 Å². The van der Waals surface area contributed by atoms with E-state index in [0.717, 1.165) is 5.56 Å². The fraction of sp³-hybridized carbons (Fsp3) is 0.231. The Kier molecular flexibility index (Phi) is 3.32. The van der Waals surface area contributed by atoms with Crippen LogP contribution in [0, 0.1) is 6.92 Å². The Hall–Kier alpha value is -2.30. The predicted molar refractivity (Wildman–Crippen MR) is 69.8 cm³/mol. The third kappa shape index (κ3) is 2.34. The molecule has 0 aliphatic carbocycles. The fourth-order valence-electron chi connectivity index (χ4n) is 1.58. The van der Waals surface area contributed by atoms with Gasteiger partial charge in [-0.15, -0.1) is 0 Å². The molecule has 0 spiro atoms. The van der Waals surface area contributed by atoms with Crippen molar-refractivity contribution < 1.29 is 4.74 Å². The van der Waals surface area contributed by atoms with Crippen LogP contribution in [-0.2, 0) is 6.54 Å². The number of rotatable bonds is 3. The molecule has 0 radical (unpaired) electrons. The summed E-state index contributed by atoms with van der Waals surface area (Å²) in [4.78, 5) is 15.9. The number of nitrogen functional groups attached to an aromatic ring is 1. The molecule has 0 aliphatic heterocycles. The molecule has 2 rings (SSSR count). The fourth-order valence-corrected chi connectivity index (χ4v) is 1.58. The summed E-state index contributed by atoms with van der Waals surface area (Å²) in [6.07, 6.45) is 3.17. The molecule has 0 saturated carbocycles. The molecule has 2 N–H and O–H groups in total. The van der Waals surface area contributed by atoms with Crippen molar-refractivity contribution in [3.05, 3.63) is 46.5 Å². The van der Waals surface area contributed by atoms with Crippen LogP contribution >= 0.6 is 0 Å². The van der Waals surface area contributed by atoms with E-state index >= 15 is 0 Å². The van der Waals surface area contributed by atoms with Crippen LogP contribution < -0.4 is 16.0 Å². The van der Waals surface area contributed by atoms with Gasteiger partial charge in [0.25, 0.3) is 5.88 Å². The maximum Gasteiger partial charge on any atom is 0.313 e. The van der Waals surface area contributed by atoms with E-state index in [1.165, 1.54) is 4.57 Å². The first-order valence-electron chi connectivity index (χ1n) is 5.71. The minimum absolute atomic E-state index is 0.0630. The summed E-state index contributed by atoms with van der Waals surface area (Å²) in [5.74, 6) is 0.613. The summed E-state index contributed by atoms with van der Waals surface area (Å²) in [7, 11) is 0. The van der Waals surface area contributed by atoms with E-state index in [1.807, 2.05) is 19.9 Å². The first kappa shape index (κ1) is 12.2. The first-order valence-corrected chi connectivity index (χ1v) is 5.71. The lowest BCUT2D eigenvalue weighted by molar-refractivity contribution is 0.443. The number of aryl methyl sites for hydroxylation is 2. The molecule has 94 valence electrons. The second kappa shape index (κ2) is 4.91. The SMILES string of the molecule is CCn1ccnc(Oc2cc(N)ccc2C)c1=O. The van der Waals surface area contributed by atoms with Crippen LogP contribution in [0.2, 0.25) is 0 Å². The maximum absolute atomic E-state index is 11.9. The lowest BCUT2D eigenvalue weighted by Crippen LogP contribution is -2.20. The van der Waals surface area contributed by atoms with E-state index < -0.39 is 0 Å². The molecule has 0 aliphatic rings. The van der Waals surface area contributed by atoms with Crippen molar-refractivity contribution in [1.29, 1.82) is 0 Å². The first-order chi connectivity index (χ1) is 8.61. The summed E-state index contributed by atoms with van der Waals surface area (Å²) in [6, 6.07) is 5.30. The van der Waals surface area contributed by atoms with Crippen molar-refractivity contribution in [3.8, 4) is 11.6 Å². The van der Waals surface area contributed by atoms with E-state index in [1.54, 1.807) is 24.5 Å². The monoisotopic (exact) mass is 245 g/mol. The zero-order valence-corrected chi connectivity index (χ0v) is 10.4. The molecule has 0 atom stereocenters. The van der Waals surface area contributed by atoms with E-state index in [4.69, 9.17) is 10.5 Å². The third-order valence-electron chi connectivity index (χ3n) is 2.64. The lowest BCUT2D eigenvalue weighted by atomic mass is 10.2. The molecule has 0 fully saturated rings. The van der Waals surface area contributed by atoms with Gasteiger partial charge in [0.05, 0.1) is 0 Å². The zero-order valence-electron chi connectivity index (χ0n) is 10.4. The molecule has 0 amide bonds. The molecule has 2 aromatic rings. The minimum Gasteiger partial charge on any atom is -0.434 e. The highest BCUT2D eigenvalue weighted by atomic mass is 16.5. The predicted octanol–water partition coefficient (Wildman–Crippen LogP) is 1.95. The van der Waals surface area contributed by atoms with Gasteiger partial charge in [0.15, 0.2) is 0 Å². The van der Waals surface area contributed by atoms with Crippen LogP contribution in [-0.4, -0.2) is 9.55 Å². The number of hydrogen-bond acceptors (Lipinski definition) is 4. The second-order valence-corrected chi connectivity index (χ2v) is 3.95. The molecule has 0 bridgehead atoms. The van der Waals surface area contributed by atoms with Gasteiger partial charge in [0, 0.05) is 30.7 Å². The Morgan fingerprint density at radius 2 is 2.22 bits per heavy atom. The maximum atomic E-state index is 11.9. The summed E-state index contributed by atoms with van der Waals surface area (Å²) in [5, 5.41) is 0. The van der Waals surface area contributed by atoms with E-state index in [0.29, 0.717) is 18.0 Å². The quantitative estimate of drug-likeness (QED) is 0.839. The molecule has 1 aromatic carbocycles. The summed E-state index contributed by atoms with van der Waals surface area (Å²) < 4.78 is 7.07. The minimum atomic E-state index is -0.248. The van der Waals surface area contributed by atoms with Gasteiger partial charge in [0.1, 0.15) is 5.75 Å². The molecule has 5 nitrogen and oxygen atoms in total. The molecule has 0 saturated heterocycles. The molecule has 0 unspecified atom stereocenters. The smallest absolute Gasteiger partial charge is 0.313 e. The third-order valence-corrected chi connectivity index (χ3v) is 2.64. The van der Waals surface area contributed by atoms with Crippen molar-refractivity contribution in [2.24, 2.45) is 0 Å². The van der Waals surface area contributed by atoms with Crippen molar-refractivity contribution in [2.75, 3.05) is 5.73 Å². The molecular formula is C13H15N3O2. The highest BCUT2D eigenvalue weighted by molar-refractivity contribution is 5.48. The Morgan fingerprint density at radius 3 is 2.94 bits per heavy atom. The molecule has 1 aromatic heterocycles. The van der Waals surface area contributed by atoms with E-state index in [2.05, 4.69) is 4.98 Å². The van der Waals surface area contributed by atoms with Crippen molar-refractivity contribution >= 4 is 5.69 Å². The van der Waals surface area contributed by atoms with Crippen LogP contribution in [0.3, 0.4) is 0 Å². The van der Waals surface area contributed by atoms with Crippen molar-refractivity contribution in [1.82, 2.24) is 9.55 Å². The summed E-state index contributed by atoms with van der Waals surface area (Å²) >= 11 is 0. The topological polar surface area (TPSA) is 70.1 Å². The van der Waals surface area contributed by atoms with E-state index in [-0.39, 0.29) is 11.4 Å². The Labute approximate surface area is 105 Å². The van der Waals surface area contributed by atoms with Crippen LogP contribution in [0.5, 0.6) is 11.6 Å². The number of nitrogens with two attached hydrogens (primary N) is 1. The van der Waals surface area contributed by atoms with Crippen LogP contribution in [0.1, 0.15) is 12.5 Å². The zero-order chi connectivity index (χ0) is 13.1. The van der Waals surface area contributed by atoms with Crippen molar-refractivity contribution in [2.45, 2.75) is 20.4 Å². The Morgan fingerprint density at radius 1 is 1.44 bits per heavy atom. The van der Waals surface area contributed by atoms with Gasteiger partial charge in [-0.1, -0.05) is 6.07 Å². The van der Waals surface area contributed by atoms with Gasteiger partial charge in [-0.3, -0.25) is 4.79 Å². The second-order valence-electron chi connectivity index (χ2n) is 3.95. The summed E-state index contributed by atoms with van der Waals surface area (Å²) in [5.41, 5.74) is 6.93. The molecule has 1 heterocycles. The van der Waals surface area contributed by atoms with Crippen LogP contribution in [0.15, 0.2) is 35.4 Å². The number of nitrogens with zero attached hydrogens (tertiary/aromatic N) is 2. The van der Waals surface area contributed by atoms with E-state index in [9.17, 15) is 4.79 Å². The normalized spacial score (nSPS) is 10.3. The number of ether oxygens (including phenoxy) is 1. The number of hydrogen-bond donors (Lipinski definition) is 1.